The number of carbonyl (C=O) groups is 4. The number of hydrogen-bond acceptors (Lipinski definition) is 7. The molecule has 0 aliphatic carbocycles. The molecule has 0 bridgehead atoms. The topological polar surface area (TPSA) is 165 Å². The second-order valence-corrected chi connectivity index (χ2v) is 9.86. The number of nitrogens with two attached hydrogens (primary N) is 1. The molecule has 43 heavy (non-hydrogen) atoms. The Balaban J connectivity index is 1.82. The van der Waals surface area contributed by atoms with Crippen molar-refractivity contribution >= 4 is 29.2 Å². The van der Waals surface area contributed by atoms with Crippen LogP contribution in [0.5, 0.6) is 0 Å². The van der Waals surface area contributed by atoms with Crippen LogP contribution in [-0.2, 0) is 32.1 Å². The van der Waals surface area contributed by atoms with Gasteiger partial charge in [0, 0.05) is 31.5 Å². The van der Waals surface area contributed by atoms with Crippen molar-refractivity contribution in [3.8, 4) is 11.4 Å². The average Bonchev–Trinajstić information content (AvgIpc) is 2.97. The first-order valence-corrected chi connectivity index (χ1v) is 13.7. The van der Waals surface area contributed by atoms with Crippen LogP contribution in [0.4, 0.5) is 14.5 Å². The second kappa shape index (κ2) is 14.8. The van der Waals surface area contributed by atoms with Gasteiger partial charge in [-0.2, -0.15) is 8.78 Å². The van der Waals surface area contributed by atoms with E-state index >= 15 is 8.78 Å². The van der Waals surface area contributed by atoms with E-state index in [1.165, 1.54) is 0 Å². The number of benzene rings is 2. The normalized spacial score (nSPS) is 11.8. The molecule has 3 amide bonds. The number of anilines is 1. The van der Waals surface area contributed by atoms with Crippen LogP contribution >= 0.6 is 0 Å². The summed E-state index contributed by atoms with van der Waals surface area (Å²) in [6.45, 7) is 3.01. The summed E-state index contributed by atoms with van der Waals surface area (Å²) in [5.41, 5.74) is 6.60. The highest BCUT2D eigenvalue weighted by Gasteiger charge is 2.50. The van der Waals surface area contributed by atoms with E-state index in [-0.39, 0.29) is 43.2 Å². The molecule has 228 valence electrons. The molecule has 13 heteroatoms. The summed E-state index contributed by atoms with van der Waals surface area (Å²) in [7, 11) is 0. The highest BCUT2D eigenvalue weighted by atomic mass is 19.3. The van der Waals surface area contributed by atoms with Crippen molar-refractivity contribution in [2.24, 2.45) is 0 Å². The van der Waals surface area contributed by atoms with Gasteiger partial charge in [0.2, 0.25) is 17.6 Å². The summed E-state index contributed by atoms with van der Waals surface area (Å²) in [5.74, 6) is -9.32. The van der Waals surface area contributed by atoms with Gasteiger partial charge in [-0.3, -0.25) is 28.5 Å². The molecule has 0 aliphatic heterocycles. The molecular formula is C30H34F2N6O5. The van der Waals surface area contributed by atoms with E-state index in [1.807, 2.05) is 18.3 Å². The lowest BCUT2D eigenvalue weighted by Crippen LogP contribution is -2.56. The summed E-state index contributed by atoms with van der Waals surface area (Å²) in [5, 5.41) is 6.82. The van der Waals surface area contributed by atoms with Gasteiger partial charge in [0.1, 0.15) is 18.1 Å². The fourth-order valence-corrected chi connectivity index (χ4v) is 4.29. The van der Waals surface area contributed by atoms with Crippen LogP contribution in [0.1, 0.15) is 30.9 Å². The number of aryl methyl sites for hydroxylation is 1. The molecule has 3 rings (SSSR count). The first-order valence-electron chi connectivity index (χ1n) is 13.7. The smallest absolute Gasteiger partial charge is 0.383 e. The number of amides is 3. The molecule has 1 atom stereocenters. The zero-order valence-corrected chi connectivity index (χ0v) is 23.9. The van der Waals surface area contributed by atoms with Crippen LogP contribution in [-0.4, -0.2) is 58.1 Å². The van der Waals surface area contributed by atoms with Gasteiger partial charge in [0.05, 0.1) is 12.2 Å². The summed E-state index contributed by atoms with van der Waals surface area (Å²) in [6, 6.07) is 13.3. The number of nitrogen functional groups attached to an aromatic ring is 1. The van der Waals surface area contributed by atoms with Crippen LogP contribution in [0, 0.1) is 6.92 Å². The quantitative estimate of drug-likeness (QED) is 0.163. The van der Waals surface area contributed by atoms with Crippen LogP contribution in [0.3, 0.4) is 0 Å². The minimum absolute atomic E-state index is 0.00307. The lowest BCUT2D eigenvalue weighted by molar-refractivity contribution is -0.160. The minimum atomic E-state index is -4.50. The van der Waals surface area contributed by atoms with Crippen LogP contribution in [0.2, 0.25) is 0 Å². The molecule has 0 fully saturated rings. The van der Waals surface area contributed by atoms with Crippen molar-refractivity contribution in [3.63, 3.8) is 0 Å². The largest absolute Gasteiger partial charge is 0.393 e. The standard InChI is InChI=1S/C30H34F2N6O5/c1-3-34-24(39)13-8-14-35-29(43)30(31,32)26(41)23(16-20-10-5-4-6-11-20)37-25(40)18-38-27(36-17-22(33)28(38)42)21-12-7-9-19(2)15-21/h4-7,9-12,15,17,23H,3,8,13-14,16,18,33H2,1-2H3,(H,34,39)(H,35,43)(H,37,40). The molecule has 2 aromatic carbocycles. The Labute approximate surface area is 246 Å². The molecule has 0 spiro atoms. The van der Waals surface area contributed by atoms with Crippen molar-refractivity contribution in [1.29, 1.82) is 0 Å². The number of Topliss-reactive ketones (excluding diaryl/α,β-unsaturated/α-hetero) is 1. The number of alkyl halides is 2. The number of halogens is 2. The molecule has 0 aliphatic rings. The van der Waals surface area contributed by atoms with Crippen molar-refractivity contribution in [2.45, 2.75) is 51.6 Å². The zero-order chi connectivity index (χ0) is 31.6. The monoisotopic (exact) mass is 596 g/mol. The van der Waals surface area contributed by atoms with Gasteiger partial charge in [0.15, 0.2) is 0 Å². The van der Waals surface area contributed by atoms with Gasteiger partial charge in [-0.15, -0.1) is 0 Å². The molecule has 1 heterocycles. The number of hydrogen-bond donors (Lipinski definition) is 4. The highest BCUT2D eigenvalue weighted by molar-refractivity contribution is 6.10. The zero-order valence-electron chi connectivity index (χ0n) is 23.9. The van der Waals surface area contributed by atoms with Crippen molar-refractivity contribution < 1.29 is 28.0 Å². The Hall–Kier alpha value is -4.94. The van der Waals surface area contributed by atoms with Crippen LogP contribution in [0.25, 0.3) is 11.4 Å². The maximum atomic E-state index is 15.1. The molecule has 0 saturated heterocycles. The molecule has 5 N–H and O–H groups in total. The van der Waals surface area contributed by atoms with Gasteiger partial charge in [-0.25, -0.2) is 4.98 Å². The highest BCUT2D eigenvalue weighted by Crippen LogP contribution is 2.21. The maximum Gasteiger partial charge on any atom is 0.383 e. The molecule has 0 radical (unpaired) electrons. The summed E-state index contributed by atoms with van der Waals surface area (Å²) >= 11 is 0. The van der Waals surface area contributed by atoms with Gasteiger partial charge >= 0.3 is 5.92 Å². The number of aromatic nitrogens is 2. The van der Waals surface area contributed by atoms with Gasteiger partial charge in [-0.05, 0) is 31.9 Å². The Morgan fingerprint density at radius 3 is 2.42 bits per heavy atom. The number of ketones is 1. The third-order valence-electron chi connectivity index (χ3n) is 6.42. The molecule has 11 nitrogen and oxygen atoms in total. The lowest BCUT2D eigenvalue weighted by Gasteiger charge is -2.23. The molecule has 0 saturated carbocycles. The minimum Gasteiger partial charge on any atom is -0.393 e. The number of nitrogens with one attached hydrogen (secondary N) is 3. The maximum absolute atomic E-state index is 15.1. The number of rotatable bonds is 14. The Morgan fingerprint density at radius 2 is 1.74 bits per heavy atom. The van der Waals surface area contributed by atoms with Crippen LogP contribution in [0.15, 0.2) is 65.6 Å². The summed E-state index contributed by atoms with van der Waals surface area (Å²) in [4.78, 5) is 67.3. The van der Waals surface area contributed by atoms with E-state index in [2.05, 4.69) is 15.6 Å². The summed E-state index contributed by atoms with van der Waals surface area (Å²) < 4.78 is 31.2. The van der Waals surface area contributed by atoms with E-state index in [1.54, 1.807) is 55.5 Å². The van der Waals surface area contributed by atoms with Crippen LogP contribution < -0.4 is 27.2 Å². The average molecular weight is 597 g/mol. The van der Waals surface area contributed by atoms with E-state index in [0.717, 1.165) is 16.3 Å². The van der Waals surface area contributed by atoms with Crippen molar-refractivity contribution in [1.82, 2.24) is 25.5 Å². The lowest BCUT2D eigenvalue weighted by atomic mass is 9.98. The molecule has 3 aromatic rings. The van der Waals surface area contributed by atoms with E-state index in [4.69, 9.17) is 5.73 Å². The molecular weight excluding hydrogens is 562 g/mol. The first kappa shape index (κ1) is 32.6. The number of carbonyl (C=O) groups excluding carboxylic acids is 4. The van der Waals surface area contributed by atoms with Gasteiger partial charge in [0.25, 0.3) is 11.5 Å². The second-order valence-electron chi connectivity index (χ2n) is 9.86. The Bertz CT molecular complexity index is 1530. The number of nitrogens with zero attached hydrogens (tertiary/aromatic N) is 2. The third-order valence-corrected chi connectivity index (χ3v) is 6.42. The van der Waals surface area contributed by atoms with E-state index < -0.39 is 41.7 Å². The predicted molar refractivity (Wildman–Crippen MR) is 156 cm³/mol. The fourth-order valence-electron chi connectivity index (χ4n) is 4.29. The molecule has 1 aromatic heterocycles. The SMILES string of the molecule is CCNC(=O)CCCNC(=O)C(F)(F)C(=O)C(Cc1ccccc1)NC(=O)Cn1c(-c2cccc(C)c2)ncc(N)c1=O. The Morgan fingerprint density at radius 1 is 1.02 bits per heavy atom. The van der Waals surface area contributed by atoms with Gasteiger partial charge < -0.3 is 21.7 Å². The summed E-state index contributed by atoms with van der Waals surface area (Å²) in [6.07, 6.45) is 0.896. The molecule has 1 unspecified atom stereocenters. The van der Waals surface area contributed by atoms with Crippen molar-refractivity contribution in [3.05, 3.63) is 82.3 Å². The van der Waals surface area contributed by atoms with Gasteiger partial charge in [-0.1, -0.05) is 54.1 Å². The fraction of sp³-hybridized carbons (Fsp3) is 0.333. The van der Waals surface area contributed by atoms with E-state index in [0.29, 0.717) is 17.7 Å². The third kappa shape index (κ3) is 8.77. The predicted octanol–water partition coefficient (Wildman–Crippen LogP) is 1.77. The van der Waals surface area contributed by atoms with Crippen molar-refractivity contribution in [2.75, 3.05) is 18.8 Å². The van der Waals surface area contributed by atoms with E-state index in [9.17, 15) is 24.0 Å². The first-order chi connectivity index (χ1) is 20.4. The Kier molecular flexibility index (Phi) is 11.2.